The normalized spacial score (nSPS) is 10.8. The molecule has 2 rings (SSSR count). The van der Waals surface area contributed by atoms with E-state index in [4.69, 9.17) is 16.0 Å². The van der Waals surface area contributed by atoms with Gasteiger partial charge in [0.2, 0.25) is 5.82 Å². The first kappa shape index (κ1) is 10.5. The monoisotopic (exact) mass is 238 g/mol. The summed E-state index contributed by atoms with van der Waals surface area (Å²) in [5.41, 5.74) is 12.3. The second-order valence-corrected chi connectivity index (χ2v) is 2.69. The van der Waals surface area contributed by atoms with Gasteiger partial charge in [-0.1, -0.05) is 5.16 Å². The van der Waals surface area contributed by atoms with E-state index < -0.39 is 6.03 Å². The summed E-state index contributed by atoms with van der Waals surface area (Å²) in [4.78, 5) is 14.2. The van der Waals surface area contributed by atoms with Crippen molar-refractivity contribution in [3.63, 3.8) is 0 Å². The molecule has 0 aliphatic heterocycles. The maximum absolute atomic E-state index is 10.3. The van der Waals surface area contributed by atoms with E-state index in [1.807, 2.05) is 5.43 Å². The van der Waals surface area contributed by atoms with Crippen LogP contribution in [0.4, 0.5) is 10.6 Å². The molecule has 11 heteroatoms. The average molecular weight is 238 g/mol. The van der Waals surface area contributed by atoms with Crippen molar-refractivity contribution in [2.24, 2.45) is 10.8 Å². The van der Waals surface area contributed by atoms with Gasteiger partial charge < -0.3 is 16.0 Å². The molecule has 88 valence electrons. The van der Waals surface area contributed by atoms with Gasteiger partial charge in [-0.25, -0.2) is 14.8 Å². The number of anilines is 1. The van der Waals surface area contributed by atoms with Gasteiger partial charge in [-0.15, -0.1) is 0 Å². The Morgan fingerprint density at radius 3 is 2.88 bits per heavy atom. The van der Waals surface area contributed by atoms with Crippen molar-refractivity contribution in [2.75, 3.05) is 5.73 Å². The van der Waals surface area contributed by atoms with Gasteiger partial charge in [-0.05, 0) is 10.3 Å². The SMILES string of the molecule is NC(=O)NN=Cc1nc(-c2nonc2N)no1. The number of nitrogens with two attached hydrogens (primary N) is 2. The molecule has 0 aliphatic carbocycles. The van der Waals surface area contributed by atoms with Crippen molar-refractivity contribution in [2.45, 2.75) is 0 Å². The maximum atomic E-state index is 10.3. The van der Waals surface area contributed by atoms with Crippen molar-refractivity contribution < 1.29 is 13.9 Å². The van der Waals surface area contributed by atoms with Gasteiger partial charge in [-0.2, -0.15) is 10.1 Å². The summed E-state index contributed by atoms with van der Waals surface area (Å²) in [6.45, 7) is 0. The van der Waals surface area contributed by atoms with E-state index in [1.54, 1.807) is 0 Å². The summed E-state index contributed by atoms with van der Waals surface area (Å²) in [6, 6.07) is -0.814. The Hall–Kier alpha value is -2.98. The topological polar surface area (TPSA) is 171 Å². The molecule has 2 amide bonds. The minimum absolute atomic E-state index is 0.0242. The highest BCUT2D eigenvalue weighted by Gasteiger charge is 2.15. The zero-order valence-corrected chi connectivity index (χ0v) is 8.19. The number of nitrogens with one attached hydrogen (secondary N) is 1. The van der Waals surface area contributed by atoms with Crippen molar-refractivity contribution >= 4 is 18.1 Å². The van der Waals surface area contributed by atoms with Crippen LogP contribution in [-0.4, -0.2) is 32.7 Å². The third-order valence-electron chi connectivity index (χ3n) is 1.52. The van der Waals surface area contributed by atoms with Gasteiger partial charge in [0.1, 0.15) is 6.21 Å². The highest BCUT2D eigenvalue weighted by atomic mass is 16.6. The Morgan fingerprint density at radius 1 is 1.41 bits per heavy atom. The van der Waals surface area contributed by atoms with Gasteiger partial charge in [0, 0.05) is 0 Å². The third kappa shape index (κ3) is 2.34. The van der Waals surface area contributed by atoms with E-state index in [9.17, 15) is 4.79 Å². The summed E-state index contributed by atoms with van der Waals surface area (Å²) in [7, 11) is 0. The summed E-state index contributed by atoms with van der Waals surface area (Å²) >= 11 is 0. The molecule has 0 aliphatic rings. The smallest absolute Gasteiger partial charge is 0.332 e. The van der Waals surface area contributed by atoms with E-state index in [0.717, 1.165) is 6.21 Å². The van der Waals surface area contributed by atoms with Gasteiger partial charge >= 0.3 is 6.03 Å². The van der Waals surface area contributed by atoms with Crippen LogP contribution in [0.1, 0.15) is 5.89 Å². The number of hydrazone groups is 1. The molecule has 5 N–H and O–H groups in total. The molecule has 0 fully saturated rings. The molecule has 0 atom stereocenters. The summed E-state index contributed by atoms with van der Waals surface area (Å²) in [5, 5.41) is 13.8. The number of urea groups is 1. The molecule has 0 spiro atoms. The predicted octanol–water partition coefficient (Wildman–Crippen LogP) is -1.30. The Labute approximate surface area is 92.8 Å². The quantitative estimate of drug-likeness (QED) is 0.437. The zero-order valence-electron chi connectivity index (χ0n) is 8.19. The molecule has 0 radical (unpaired) electrons. The molecular formula is C6H6N8O3. The van der Waals surface area contributed by atoms with Crippen LogP contribution >= 0.6 is 0 Å². The van der Waals surface area contributed by atoms with Crippen LogP contribution in [0.25, 0.3) is 11.5 Å². The number of carbonyl (C=O) groups excluding carboxylic acids is 1. The number of nitrogen functional groups attached to an aromatic ring is 1. The number of carbonyl (C=O) groups is 1. The Kier molecular flexibility index (Phi) is 2.64. The fourth-order valence-corrected chi connectivity index (χ4v) is 0.886. The largest absolute Gasteiger partial charge is 0.379 e. The van der Waals surface area contributed by atoms with Crippen molar-refractivity contribution in [1.29, 1.82) is 0 Å². The molecule has 2 heterocycles. The Morgan fingerprint density at radius 2 is 2.24 bits per heavy atom. The van der Waals surface area contributed by atoms with Crippen LogP contribution < -0.4 is 16.9 Å². The molecule has 11 nitrogen and oxygen atoms in total. The number of hydrogen-bond donors (Lipinski definition) is 3. The Bertz CT molecular complexity index is 557. The first-order valence-electron chi connectivity index (χ1n) is 4.17. The zero-order chi connectivity index (χ0) is 12.3. The molecular weight excluding hydrogens is 232 g/mol. The van der Waals surface area contributed by atoms with E-state index >= 15 is 0 Å². The lowest BCUT2D eigenvalue weighted by molar-refractivity contribution is 0.249. The first-order valence-corrected chi connectivity index (χ1v) is 4.17. The fourth-order valence-electron chi connectivity index (χ4n) is 0.886. The van der Waals surface area contributed by atoms with Crippen LogP contribution in [0.3, 0.4) is 0 Å². The fraction of sp³-hybridized carbons (Fsp3) is 0. The average Bonchev–Trinajstić information content (AvgIpc) is 2.86. The number of rotatable bonds is 3. The first-order chi connectivity index (χ1) is 8.16. The number of aromatic nitrogens is 4. The van der Waals surface area contributed by atoms with Crippen LogP contribution in [0.5, 0.6) is 0 Å². The van der Waals surface area contributed by atoms with E-state index in [0.29, 0.717) is 0 Å². The third-order valence-corrected chi connectivity index (χ3v) is 1.52. The molecule has 0 unspecified atom stereocenters. The highest BCUT2D eigenvalue weighted by Crippen LogP contribution is 2.17. The standard InChI is InChI=1S/C6H6N8O3/c7-4-3(12-17-13-4)5-10-2(16-14-5)1-9-11-6(8)15/h1H,(H2,7,13)(H3,8,11,15). The molecule has 17 heavy (non-hydrogen) atoms. The minimum atomic E-state index is -0.814. The van der Waals surface area contributed by atoms with Crippen LogP contribution in [0.2, 0.25) is 0 Å². The number of hydrogen-bond acceptors (Lipinski definition) is 9. The van der Waals surface area contributed by atoms with Crippen molar-refractivity contribution in [3.8, 4) is 11.5 Å². The lowest BCUT2D eigenvalue weighted by atomic mass is 10.4. The lowest BCUT2D eigenvalue weighted by Gasteiger charge is -1.86. The van der Waals surface area contributed by atoms with Gasteiger partial charge in [0.25, 0.3) is 5.89 Å². The van der Waals surface area contributed by atoms with Crippen LogP contribution in [-0.2, 0) is 0 Å². The molecule has 0 saturated carbocycles. The summed E-state index contributed by atoms with van der Waals surface area (Å²) in [6.07, 6.45) is 1.10. The van der Waals surface area contributed by atoms with E-state index in [-0.39, 0.29) is 23.2 Å². The molecule has 0 saturated heterocycles. The number of primary amides is 1. The van der Waals surface area contributed by atoms with E-state index in [1.165, 1.54) is 0 Å². The van der Waals surface area contributed by atoms with Crippen molar-refractivity contribution in [1.82, 2.24) is 25.9 Å². The van der Waals surface area contributed by atoms with Crippen LogP contribution in [0.15, 0.2) is 14.3 Å². The molecule has 0 aromatic carbocycles. The predicted molar refractivity (Wildman–Crippen MR) is 52.3 cm³/mol. The number of nitrogens with zero attached hydrogens (tertiary/aromatic N) is 5. The molecule has 0 bridgehead atoms. The molecule has 2 aromatic rings. The molecule has 2 aromatic heterocycles. The van der Waals surface area contributed by atoms with Gasteiger partial charge in [-0.3, -0.25) is 0 Å². The highest BCUT2D eigenvalue weighted by molar-refractivity contribution is 5.77. The van der Waals surface area contributed by atoms with Gasteiger partial charge in [0.05, 0.1) is 0 Å². The number of amides is 2. The van der Waals surface area contributed by atoms with E-state index in [2.05, 4.69) is 30.2 Å². The summed E-state index contributed by atoms with van der Waals surface area (Å²) in [5.74, 6) is 0.143. The minimum Gasteiger partial charge on any atom is -0.379 e. The Balaban J connectivity index is 2.14. The van der Waals surface area contributed by atoms with Crippen molar-refractivity contribution in [3.05, 3.63) is 5.89 Å². The maximum Gasteiger partial charge on any atom is 0.332 e. The second-order valence-electron chi connectivity index (χ2n) is 2.69. The van der Waals surface area contributed by atoms with Crippen LogP contribution in [0, 0.1) is 0 Å². The van der Waals surface area contributed by atoms with Gasteiger partial charge in [0.15, 0.2) is 11.5 Å². The summed E-state index contributed by atoms with van der Waals surface area (Å²) < 4.78 is 9.13. The second kappa shape index (κ2) is 4.26. The lowest BCUT2D eigenvalue weighted by Crippen LogP contribution is -2.24.